The van der Waals surface area contributed by atoms with Gasteiger partial charge in [0.15, 0.2) is 12.6 Å². The minimum Gasteiger partial charge on any atom is -0.390 e. The second-order valence-corrected chi connectivity index (χ2v) is 14.3. The van der Waals surface area contributed by atoms with E-state index in [-0.39, 0.29) is 31.8 Å². The number of hydrogen-bond acceptors (Lipinski definition) is 13. The fourth-order valence-electron chi connectivity index (χ4n) is 6.96. The molecule has 0 unspecified atom stereocenters. The zero-order valence-corrected chi connectivity index (χ0v) is 29.2. The van der Waals surface area contributed by atoms with Crippen molar-refractivity contribution >= 4 is 5.91 Å². The Labute approximate surface area is 287 Å². The van der Waals surface area contributed by atoms with Crippen LogP contribution in [0.5, 0.6) is 0 Å². The topological polar surface area (TPSA) is 257 Å². The number of carbonyl (C=O) groups is 1. The third kappa shape index (κ3) is 13.3. The largest absolute Gasteiger partial charge is 0.390 e. The molecule has 0 spiro atoms. The van der Waals surface area contributed by atoms with Gasteiger partial charge in [-0.2, -0.15) is 0 Å². The summed E-state index contributed by atoms with van der Waals surface area (Å²) in [5, 5.41) is 34.5. The Morgan fingerprint density at radius 1 is 0.688 bits per heavy atom. The lowest BCUT2D eigenvalue weighted by molar-refractivity contribution is -0.295. The van der Waals surface area contributed by atoms with Crippen LogP contribution in [0.15, 0.2) is 0 Å². The van der Waals surface area contributed by atoms with Crippen LogP contribution < -0.4 is 34.0 Å². The molecule has 13 atom stereocenters. The molecule has 0 radical (unpaired) electrons. The van der Waals surface area contributed by atoms with Crippen LogP contribution in [0.1, 0.15) is 116 Å². The molecule has 3 aliphatic rings. The first-order valence-corrected chi connectivity index (χ1v) is 18.7. The number of carbonyl (C=O) groups excluding carboxylic acids is 1. The molecule has 0 aromatic heterocycles. The first kappa shape index (κ1) is 41.4. The molecule has 48 heavy (non-hydrogen) atoms. The monoisotopic (exact) mass is 689 g/mol. The first-order chi connectivity index (χ1) is 23.0. The van der Waals surface area contributed by atoms with E-state index in [4.69, 9.17) is 47.6 Å². The van der Waals surface area contributed by atoms with Gasteiger partial charge in [0.05, 0.1) is 42.6 Å². The van der Waals surface area contributed by atoms with Crippen LogP contribution >= 0.6 is 0 Å². The summed E-state index contributed by atoms with van der Waals surface area (Å²) in [6.45, 7) is 2.39. The number of aliphatic hydroxyl groups is 3. The van der Waals surface area contributed by atoms with Crippen molar-refractivity contribution in [1.29, 1.82) is 0 Å². The summed E-state index contributed by atoms with van der Waals surface area (Å²) in [6, 6.07) is -2.56. The summed E-state index contributed by atoms with van der Waals surface area (Å²) < 4.78 is 24.1. The van der Waals surface area contributed by atoms with Gasteiger partial charge in [-0.3, -0.25) is 4.79 Å². The molecule has 1 saturated carbocycles. The van der Waals surface area contributed by atoms with E-state index < -0.39 is 79.5 Å². The number of amides is 1. The Bertz CT molecular complexity index is 895. The normalized spacial score (nSPS) is 37.4. The van der Waals surface area contributed by atoms with E-state index >= 15 is 0 Å². The molecule has 14 N–H and O–H groups in total. The fraction of sp³-hybridized carbons (Fsp3) is 0.971. The van der Waals surface area contributed by atoms with Crippen LogP contribution in [0.3, 0.4) is 0 Å². The third-order valence-corrected chi connectivity index (χ3v) is 10.2. The quantitative estimate of drug-likeness (QED) is 0.0738. The average Bonchev–Trinajstić information content (AvgIpc) is 3.06. The van der Waals surface area contributed by atoms with E-state index in [0.717, 1.165) is 19.3 Å². The van der Waals surface area contributed by atoms with Crippen molar-refractivity contribution in [2.24, 2.45) is 28.7 Å². The van der Waals surface area contributed by atoms with Crippen LogP contribution in [0.25, 0.3) is 0 Å². The van der Waals surface area contributed by atoms with E-state index in [1.807, 2.05) is 0 Å². The minimum absolute atomic E-state index is 0.0249. The highest BCUT2D eigenvalue weighted by Crippen LogP contribution is 2.30. The maximum Gasteiger partial charge on any atom is 0.220 e. The predicted molar refractivity (Wildman–Crippen MR) is 183 cm³/mol. The van der Waals surface area contributed by atoms with E-state index in [0.29, 0.717) is 12.8 Å². The zero-order valence-electron chi connectivity index (χ0n) is 29.2. The second-order valence-electron chi connectivity index (χ2n) is 14.3. The summed E-state index contributed by atoms with van der Waals surface area (Å²) >= 11 is 0. The van der Waals surface area contributed by atoms with Crippen molar-refractivity contribution < 1.29 is 39.1 Å². The van der Waals surface area contributed by atoms with Crippen LogP contribution in [-0.2, 0) is 23.7 Å². The summed E-state index contributed by atoms with van der Waals surface area (Å²) in [6.07, 6.45) is 9.36. The van der Waals surface area contributed by atoms with Gasteiger partial charge in [0.2, 0.25) is 5.91 Å². The Morgan fingerprint density at radius 2 is 1.21 bits per heavy atom. The van der Waals surface area contributed by atoms with Crippen LogP contribution in [0.2, 0.25) is 0 Å². The van der Waals surface area contributed by atoms with Gasteiger partial charge in [0, 0.05) is 38.0 Å². The fourth-order valence-corrected chi connectivity index (χ4v) is 6.96. The number of ether oxygens (including phenoxy) is 4. The molecular weight excluding hydrogens is 620 g/mol. The molecule has 0 aromatic rings. The number of aliphatic hydroxyl groups excluding tert-OH is 3. The molecule has 1 aliphatic carbocycles. The molecule has 2 aliphatic heterocycles. The molecule has 3 rings (SSSR count). The number of unbranched alkanes of at least 4 members (excludes halogenated alkanes) is 12. The van der Waals surface area contributed by atoms with Gasteiger partial charge in [-0.25, -0.2) is 0 Å². The van der Waals surface area contributed by atoms with Gasteiger partial charge in [-0.15, -0.1) is 0 Å². The van der Waals surface area contributed by atoms with Gasteiger partial charge < -0.3 is 68.3 Å². The van der Waals surface area contributed by atoms with Crippen molar-refractivity contribution in [3.63, 3.8) is 0 Å². The van der Waals surface area contributed by atoms with Gasteiger partial charge in [0.1, 0.15) is 12.2 Å². The number of hydrogen-bond donors (Lipinski definition) is 9. The number of nitrogens with one attached hydrogen (secondary N) is 1. The Balaban J connectivity index is 1.37. The van der Waals surface area contributed by atoms with Gasteiger partial charge in [0.25, 0.3) is 0 Å². The molecule has 14 nitrogen and oxygen atoms in total. The molecule has 2 heterocycles. The summed E-state index contributed by atoms with van der Waals surface area (Å²) in [7, 11) is 0. The van der Waals surface area contributed by atoms with Crippen molar-refractivity contribution in [3.8, 4) is 0 Å². The van der Waals surface area contributed by atoms with Crippen LogP contribution in [0.4, 0.5) is 0 Å². The smallest absolute Gasteiger partial charge is 0.220 e. The first-order valence-electron chi connectivity index (χ1n) is 18.7. The lowest BCUT2D eigenvalue weighted by Crippen LogP contribution is -2.65. The molecule has 282 valence electrons. The van der Waals surface area contributed by atoms with E-state index in [2.05, 4.69) is 12.2 Å². The van der Waals surface area contributed by atoms with Crippen molar-refractivity contribution in [2.75, 3.05) is 13.1 Å². The van der Waals surface area contributed by atoms with Crippen LogP contribution in [-0.4, -0.2) is 114 Å². The second kappa shape index (κ2) is 22.0. The van der Waals surface area contributed by atoms with Gasteiger partial charge in [-0.1, -0.05) is 84.0 Å². The SMILES string of the molecule is CCCCCCCCCCCCCCCC(=O)NC[C@H]1O[C@H](O[C@@H]2C[C@H](O[C@H]3O[C@H](CN)[C@@H](O)C[C@H]3N)[C@@H](N)C[C@H]2N)[C@H](O)[C@@H](N)[C@@H]1O. The van der Waals surface area contributed by atoms with Crippen molar-refractivity contribution in [1.82, 2.24) is 5.32 Å². The summed E-state index contributed by atoms with van der Waals surface area (Å²) in [4.78, 5) is 12.5. The Morgan fingerprint density at radius 3 is 1.77 bits per heavy atom. The third-order valence-electron chi connectivity index (χ3n) is 10.2. The van der Waals surface area contributed by atoms with Crippen molar-refractivity contribution in [2.45, 2.75) is 196 Å². The predicted octanol–water partition coefficient (Wildman–Crippen LogP) is 0.339. The highest BCUT2D eigenvalue weighted by Gasteiger charge is 2.47. The summed E-state index contributed by atoms with van der Waals surface area (Å²) in [5.74, 6) is -0.123. The molecule has 1 amide bonds. The lowest BCUT2D eigenvalue weighted by atomic mass is 9.86. The molecule has 0 bridgehead atoms. The maximum atomic E-state index is 12.5. The molecular formula is C34H68N6O8. The average molecular weight is 689 g/mol. The van der Waals surface area contributed by atoms with Crippen molar-refractivity contribution in [3.05, 3.63) is 0 Å². The molecule has 0 aromatic carbocycles. The standard InChI is InChI=1S/C34H68N6O8/c1-2-3-4-5-6-7-8-9-10-11-12-13-14-15-29(42)40-20-28-31(43)30(39)32(44)34(48-28)46-26-18-25(21(36)16-22(26)37)45-33-23(38)17-24(41)27(19-35)47-33/h21-28,30-34,41,43-44H,2-20,35-39H2,1H3,(H,40,42)/t21-,22+,23+,24-,25-,26+,27+,28+,30-,31+,32+,33-,34-/m0/s1. The lowest BCUT2D eigenvalue weighted by Gasteiger charge is -2.46. The molecule has 3 fully saturated rings. The highest BCUT2D eigenvalue weighted by molar-refractivity contribution is 5.75. The van der Waals surface area contributed by atoms with Gasteiger partial charge >= 0.3 is 0 Å². The minimum atomic E-state index is -1.33. The summed E-state index contributed by atoms with van der Waals surface area (Å²) in [5.41, 5.74) is 30.8. The number of nitrogens with two attached hydrogens (primary N) is 5. The maximum absolute atomic E-state index is 12.5. The molecule has 2 saturated heterocycles. The van der Waals surface area contributed by atoms with Gasteiger partial charge in [-0.05, 0) is 19.3 Å². The highest BCUT2D eigenvalue weighted by atomic mass is 16.7. The Hall–Kier alpha value is -1.01. The van der Waals surface area contributed by atoms with E-state index in [1.165, 1.54) is 64.2 Å². The number of rotatable bonds is 21. The zero-order chi connectivity index (χ0) is 35.1. The van der Waals surface area contributed by atoms with E-state index in [1.54, 1.807) is 0 Å². The van der Waals surface area contributed by atoms with E-state index in [9.17, 15) is 20.1 Å². The molecule has 14 heteroatoms. The van der Waals surface area contributed by atoms with Crippen LogP contribution in [0, 0.1) is 0 Å². The Kier molecular flexibility index (Phi) is 19.0.